The number of aromatic nitrogens is 1. The number of anilines is 2. The van der Waals surface area contributed by atoms with Crippen LogP contribution in [0.25, 0.3) is 93.6 Å². The minimum Gasteiger partial charge on any atom is -0.456 e. The van der Waals surface area contributed by atoms with E-state index < -0.39 is 0 Å². The molecule has 0 N–H and O–H groups in total. The maximum Gasteiger partial charge on any atom is 0.333 e. The summed E-state index contributed by atoms with van der Waals surface area (Å²) in [7, 11) is 0. The first kappa shape index (κ1) is 32.9. The summed E-state index contributed by atoms with van der Waals surface area (Å²) in [5.74, 6) is 0. The van der Waals surface area contributed by atoms with Gasteiger partial charge < -0.3 is 18.2 Å². The fourth-order valence-corrected chi connectivity index (χ4v) is 11.4. The van der Waals surface area contributed by atoms with Crippen LogP contribution in [0.2, 0.25) is 0 Å². The largest absolute Gasteiger partial charge is 0.456 e. The molecule has 14 rings (SSSR count). The molecule has 2 aliphatic heterocycles. The van der Waals surface area contributed by atoms with E-state index in [9.17, 15) is 0 Å². The van der Waals surface area contributed by atoms with Crippen LogP contribution in [-0.4, -0.2) is 11.4 Å². The van der Waals surface area contributed by atoms with Crippen molar-refractivity contribution in [1.29, 1.82) is 0 Å². The molecule has 0 spiro atoms. The lowest BCUT2D eigenvalue weighted by molar-refractivity contribution is 0.590. The fourth-order valence-electron chi connectivity index (χ4n) is 11.4. The molecule has 1 aliphatic carbocycles. The van der Waals surface area contributed by atoms with Crippen LogP contribution in [-0.2, 0) is 10.8 Å². The summed E-state index contributed by atoms with van der Waals surface area (Å²) in [6, 6.07) is 54.5. The van der Waals surface area contributed by atoms with Gasteiger partial charge in [-0.1, -0.05) is 126 Å². The molecule has 284 valence electrons. The van der Waals surface area contributed by atoms with Crippen molar-refractivity contribution in [2.45, 2.75) is 45.4 Å². The lowest BCUT2D eigenvalue weighted by atomic mass is 9.43. The first-order valence-electron chi connectivity index (χ1n) is 21.2. The van der Waals surface area contributed by atoms with Gasteiger partial charge in [0.25, 0.3) is 0 Å². The molecule has 60 heavy (non-hydrogen) atoms. The van der Waals surface area contributed by atoms with Crippen molar-refractivity contribution in [1.82, 2.24) is 4.57 Å². The van der Waals surface area contributed by atoms with Crippen LogP contribution in [0.1, 0.15) is 51.3 Å². The number of fused-ring (bicyclic) bond motifs is 17. The van der Waals surface area contributed by atoms with Gasteiger partial charge in [0.2, 0.25) is 0 Å². The molecule has 0 amide bonds. The van der Waals surface area contributed by atoms with Crippen molar-refractivity contribution in [3.8, 4) is 27.9 Å². The highest BCUT2D eigenvalue weighted by molar-refractivity contribution is 6.93. The average Bonchev–Trinajstić information content (AvgIpc) is 3.97. The van der Waals surface area contributed by atoms with Crippen LogP contribution in [0.3, 0.4) is 0 Å². The van der Waals surface area contributed by atoms with E-state index in [0.717, 1.165) is 49.4 Å². The van der Waals surface area contributed by atoms with Crippen LogP contribution >= 0.6 is 0 Å². The first-order chi connectivity index (χ1) is 29.1. The molecular formula is C55H39BN2O2. The average molecular weight is 771 g/mol. The van der Waals surface area contributed by atoms with Gasteiger partial charge in [-0.2, -0.15) is 0 Å². The Bertz CT molecular complexity index is 3740. The Hall–Kier alpha value is -6.98. The molecule has 8 aromatic carbocycles. The Morgan fingerprint density at radius 1 is 0.500 bits per heavy atom. The predicted octanol–water partition coefficient (Wildman–Crippen LogP) is 13.4. The Morgan fingerprint density at radius 2 is 1.18 bits per heavy atom. The van der Waals surface area contributed by atoms with Crippen molar-refractivity contribution < 1.29 is 8.83 Å². The maximum atomic E-state index is 6.62. The summed E-state index contributed by atoms with van der Waals surface area (Å²) in [6.07, 6.45) is 0. The molecule has 0 fully saturated rings. The summed E-state index contributed by atoms with van der Waals surface area (Å²) in [5.41, 5.74) is 21.3. The molecule has 0 saturated heterocycles. The van der Waals surface area contributed by atoms with Crippen molar-refractivity contribution >= 4 is 94.8 Å². The molecule has 0 atom stereocenters. The van der Waals surface area contributed by atoms with Crippen LogP contribution in [0, 0.1) is 0 Å². The van der Waals surface area contributed by atoms with Crippen LogP contribution in [0.4, 0.5) is 11.4 Å². The van der Waals surface area contributed by atoms with E-state index in [1.54, 1.807) is 0 Å². The highest BCUT2D eigenvalue weighted by Gasteiger charge is 2.46. The molecule has 0 unspecified atom stereocenters. The van der Waals surface area contributed by atoms with Gasteiger partial charge in [-0.05, 0) is 98.3 Å². The van der Waals surface area contributed by atoms with E-state index in [2.05, 4.69) is 190 Å². The van der Waals surface area contributed by atoms with Gasteiger partial charge in [-0.3, -0.25) is 0 Å². The number of nitrogens with zero attached hydrogens (tertiary/aromatic N) is 2. The molecule has 0 bridgehead atoms. The second-order valence-corrected chi connectivity index (χ2v) is 18.9. The Morgan fingerprint density at radius 3 is 1.93 bits per heavy atom. The zero-order valence-corrected chi connectivity index (χ0v) is 34.1. The summed E-state index contributed by atoms with van der Waals surface area (Å²) < 4.78 is 15.8. The fraction of sp³-hybridized carbons (Fsp3) is 0.127. The zero-order valence-electron chi connectivity index (χ0n) is 34.1. The molecule has 11 aromatic rings. The summed E-state index contributed by atoms with van der Waals surface area (Å²) in [6.45, 7) is 11.6. The van der Waals surface area contributed by atoms with E-state index in [4.69, 9.17) is 8.83 Å². The normalized spacial score (nSPS) is 14.8. The van der Waals surface area contributed by atoms with Crippen molar-refractivity contribution in [2.75, 3.05) is 4.81 Å². The zero-order chi connectivity index (χ0) is 40.0. The topological polar surface area (TPSA) is 34.5 Å². The van der Waals surface area contributed by atoms with E-state index >= 15 is 0 Å². The quantitative estimate of drug-likeness (QED) is 0.156. The molecule has 5 heteroatoms. The van der Waals surface area contributed by atoms with Gasteiger partial charge in [0.15, 0.2) is 0 Å². The SMILES string of the molecule is CC(C)(C)c1ccc(N2B3c4cc5c(cc4-n4c6cc7oc8ccccc8c7cc6c6ccc(c3c64)-c3cc4oc6ccccc6c4cc32)C(C)(C)c2ccccc2-5)cc1. The van der Waals surface area contributed by atoms with Crippen molar-refractivity contribution in [3.05, 3.63) is 162 Å². The first-order valence-corrected chi connectivity index (χ1v) is 21.2. The summed E-state index contributed by atoms with van der Waals surface area (Å²) in [5, 5.41) is 7.06. The number of furan rings is 2. The van der Waals surface area contributed by atoms with Gasteiger partial charge in [0.1, 0.15) is 22.3 Å². The maximum absolute atomic E-state index is 6.62. The van der Waals surface area contributed by atoms with Gasteiger partial charge in [0.05, 0.1) is 11.0 Å². The summed E-state index contributed by atoms with van der Waals surface area (Å²) >= 11 is 0. The van der Waals surface area contributed by atoms with Gasteiger partial charge in [0, 0.05) is 66.4 Å². The number of rotatable bonds is 1. The van der Waals surface area contributed by atoms with E-state index in [0.29, 0.717) is 0 Å². The highest BCUT2D eigenvalue weighted by Crippen LogP contribution is 2.52. The molecule has 5 heterocycles. The number of para-hydroxylation sites is 2. The lowest BCUT2D eigenvalue weighted by Gasteiger charge is -2.42. The van der Waals surface area contributed by atoms with E-state index in [-0.39, 0.29) is 17.7 Å². The van der Waals surface area contributed by atoms with Crippen LogP contribution in [0.5, 0.6) is 0 Å². The summed E-state index contributed by atoms with van der Waals surface area (Å²) in [4.78, 5) is 2.64. The van der Waals surface area contributed by atoms with Crippen molar-refractivity contribution in [3.63, 3.8) is 0 Å². The van der Waals surface area contributed by atoms with E-state index in [1.165, 1.54) is 83.2 Å². The second-order valence-electron chi connectivity index (χ2n) is 18.9. The smallest absolute Gasteiger partial charge is 0.333 e. The molecule has 3 aliphatic rings. The number of hydrogen-bond donors (Lipinski definition) is 0. The number of hydrogen-bond acceptors (Lipinski definition) is 3. The van der Waals surface area contributed by atoms with Gasteiger partial charge in [-0.25, -0.2) is 0 Å². The standard InChI is InChI=1S/C55H39BN2O2/c1-54(2,3)30-18-20-31(21-19-30)58-46-26-41-34-14-8-11-17-49(34)59-50(41)27-39(46)35-22-23-36-38-24-40-33-13-7-10-16-48(33)60-51(40)29-45(38)57-47-28-43-37(25-44(47)56(58)52(35)53(36)57)32-12-6-9-15-42(32)55(43,4)5/h6-29H,1-5H3. The van der Waals surface area contributed by atoms with E-state index in [1.807, 2.05) is 0 Å². The molecular weight excluding hydrogens is 731 g/mol. The lowest BCUT2D eigenvalue weighted by Crippen LogP contribution is -2.60. The third-order valence-electron chi connectivity index (χ3n) is 14.3. The highest BCUT2D eigenvalue weighted by atomic mass is 16.3. The molecule has 4 nitrogen and oxygen atoms in total. The Balaban J connectivity index is 1.16. The van der Waals surface area contributed by atoms with Crippen LogP contribution in [0.15, 0.2) is 154 Å². The molecule has 3 aromatic heterocycles. The minimum atomic E-state index is -0.160. The van der Waals surface area contributed by atoms with Gasteiger partial charge >= 0.3 is 6.85 Å². The molecule has 0 saturated carbocycles. The third-order valence-corrected chi connectivity index (χ3v) is 14.3. The molecule has 0 radical (unpaired) electrons. The minimum absolute atomic E-state index is 0.0304. The van der Waals surface area contributed by atoms with Crippen LogP contribution < -0.4 is 15.7 Å². The van der Waals surface area contributed by atoms with Gasteiger partial charge in [-0.15, -0.1) is 0 Å². The predicted molar refractivity (Wildman–Crippen MR) is 251 cm³/mol. The number of benzene rings is 8. The Kier molecular flexibility index (Phi) is 5.92. The second kappa shape index (κ2) is 10.8. The monoisotopic (exact) mass is 770 g/mol. The third kappa shape index (κ3) is 3.98. The van der Waals surface area contributed by atoms with Crippen molar-refractivity contribution in [2.24, 2.45) is 0 Å². The Labute approximate surface area is 347 Å².